The van der Waals surface area contributed by atoms with E-state index in [0.717, 1.165) is 0 Å². The van der Waals surface area contributed by atoms with E-state index in [1.807, 2.05) is 0 Å². The molecule has 8 heteroatoms. The number of carbonyl (C=O) groups excluding carboxylic acids is 1. The van der Waals surface area contributed by atoms with Crippen LogP contribution in [0.2, 0.25) is 0 Å². The van der Waals surface area contributed by atoms with Crippen LogP contribution in [-0.2, 0) is 19.0 Å². The molecule has 0 aromatic heterocycles. The van der Waals surface area contributed by atoms with E-state index in [1.165, 1.54) is 13.2 Å². The van der Waals surface area contributed by atoms with Gasteiger partial charge in [0.15, 0.2) is 6.29 Å². The van der Waals surface area contributed by atoms with Gasteiger partial charge in [-0.2, -0.15) is 0 Å². The van der Waals surface area contributed by atoms with Crippen molar-refractivity contribution in [1.82, 2.24) is 0 Å². The number of methoxy groups -OCH3 is 1. The van der Waals surface area contributed by atoms with Crippen molar-refractivity contribution in [2.45, 2.75) is 49.7 Å². The first-order valence-electron chi connectivity index (χ1n) is 8.23. The van der Waals surface area contributed by atoms with Crippen molar-refractivity contribution in [3.63, 3.8) is 0 Å². The van der Waals surface area contributed by atoms with Crippen molar-refractivity contribution in [3.05, 3.63) is 24.8 Å². The van der Waals surface area contributed by atoms with Crippen LogP contribution >= 0.6 is 0 Å². The van der Waals surface area contributed by atoms with Gasteiger partial charge in [-0.05, 0) is 11.8 Å². The molecule has 1 rings (SSSR count). The van der Waals surface area contributed by atoms with Crippen LogP contribution < -0.4 is 0 Å². The molecule has 0 aromatic rings. The molecule has 4 N–H and O–H groups in total. The molecule has 1 aliphatic rings. The van der Waals surface area contributed by atoms with E-state index >= 15 is 0 Å². The number of esters is 1. The molecule has 0 spiro atoms. The van der Waals surface area contributed by atoms with Gasteiger partial charge >= 0.3 is 5.97 Å². The second-order valence-corrected chi connectivity index (χ2v) is 5.52. The Morgan fingerprint density at radius 1 is 1.22 bits per heavy atom. The van der Waals surface area contributed by atoms with Crippen LogP contribution in [0.25, 0.3) is 0 Å². The zero-order valence-corrected chi connectivity index (χ0v) is 14.9. The van der Waals surface area contributed by atoms with Gasteiger partial charge in [0.2, 0.25) is 0 Å². The second kappa shape index (κ2) is 12.3. The third kappa shape index (κ3) is 7.53. The van der Waals surface area contributed by atoms with Crippen molar-refractivity contribution < 1.29 is 39.4 Å². The summed E-state index contributed by atoms with van der Waals surface area (Å²) in [7, 11) is 1.31. The number of ether oxygens (including phenoxy) is 3. The molecule has 0 amide bonds. The van der Waals surface area contributed by atoms with Crippen molar-refractivity contribution in [2.24, 2.45) is 0 Å². The van der Waals surface area contributed by atoms with Crippen molar-refractivity contribution in [2.75, 3.05) is 13.7 Å². The number of aliphatic hydroxyl groups is 4. The van der Waals surface area contributed by atoms with E-state index < -0.39 is 43.4 Å². The summed E-state index contributed by atoms with van der Waals surface area (Å²) in [6.45, 7) is 3.01. The number of allylic oxidation sites excluding steroid dienone is 1. The molecule has 1 saturated heterocycles. The number of rotatable bonds is 7. The summed E-state index contributed by atoms with van der Waals surface area (Å²) in [5.74, 6) is 10.2. The molecule has 6 unspecified atom stereocenters. The minimum Gasteiger partial charge on any atom is -0.469 e. The third-order valence-corrected chi connectivity index (χ3v) is 3.61. The quantitative estimate of drug-likeness (QED) is 0.248. The lowest BCUT2D eigenvalue weighted by Gasteiger charge is -2.40. The lowest BCUT2D eigenvalue weighted by atomic mass is 9.99. The maximum absolute atomic E-state index is 10.9. The number of hydrogen-bond acceptors (Lipinski definition) is 8. The summed E-state index contributed by atoms with van der Waals surface area (Å²) in [6.07, 6.45) is -2.44. The Bertz CT molecular complexity index is 634. The normalized spacial score (nSPS) is 28.4. The van der Waals surface area contributed by atoms with E-state index in [1.54, 1.807) is 12.2 Å². The topological polar surface area (TPSA) is 126 Å². The maximum atomic E-state index is 10.9. The average Bonchev–Trinajstić information content (AvgIpc) is 2.68. The summed E-state index contributed by atoms with van der Waals surface area (Å²) >= 11 is 0. The minimum absolute atomic E-state index is 0.176. The predicted molar refractivity (Wildman–Crippen MR) is 94.8 cm³/mol. The molecule has 148 valence electrons. The maximum Gasteiger partial charge on any atom is 0.309 e. The van der Waals surface area contributed by atoms with Crippen LogP contribution in [0, 0.1) is 23.7 Å². The van der Waals surface area contributed by atoms with Gasteiger partial charge < -0.3 is 34.6 Å². The van der Waals surface area contributed by atoms with Crippen LogP contribution in [-0.4, -0.2) is 76.9 Å². The van der Waals surface area contributed by atoms with Gasteiger partial charge in [-0.25, -0.2) is 0 Å². The average molecular weight is 380 g/mol. The Morgan fingerprint density at radius 2 is 1.96 bits per heavy atom. The van der Waals surface area contributed by atoms with Gasteiger partial charge in [0.1, 0.15) is 30.5 Å². The van der Waals surface area contributed by atoms with Gasteiger partial charge in [-0.1, -0.05) is 36.6 Å². The van der Waals surface area contributed by atoms with Crippen LogP contribution in [0.15, 0.2) is 24.8 Å². The zero-order valence-electron chi connectivity index (χ0n) is 14.9. The Hall–Kier alpha value is -2.17. The lowest BCUT2D eigenvalue weighted by molar-refractivity contribution is -0.303. The monoisotopic (exact) mass is 380 g/mol. The smallest absolute Gasteiger partial charge is 0.309 e. The van der Waals surface area contributed by atoms with Crippen molar-refractivity contribution in [1.29, 1.82) is 0 Å². The van der Waals surface area contributed by atoms with Crippen molar-refractivity contribution in [3.8, 4) is 23.7 Å². The molecular formula is C19H24O8. The van der Waals surface area contributed by atoms with Crippen LogP contribution in [0.1, 0.15) is 12.8 Å². The number of hydrogen-bond donors (Lipinski definition) is 4. The fourth-order valence-corrected chi connectivity index (χ4v) is 2.08. The molecule has 6 atom stereocenters. The molecular weight excluding hydrogens is 356 g/mol. The highest BCUT2D eigenvalue weighted by Gasteiger charge is 2.44. The molecule has 0 saturated carbocycles. The largest absolute Gasteiger partial charge is 0.469 e. The van der Waals surface area contributed by atoms with Crippen molar-refractivity contribution >= 4 is 5.97 Å². The Morgan fingerprint density at radius 3 is 2.59 bits per heavy atom. The highest BCUT2D eigenvalue weighted by atomic mass is 16.7. The Balaban J connectivity index is 2.56. The fraction of sp³-hybridized carbons (Fsp3) is 0.526. The van der Waals surface area contributed by atoms with Gasteiger partial charge in [-0.15, -0.1) is 0 Å². The molecule has 1 heterocycles. The van der Waals surface area contributed by atoms with E-state index in [0.29, 0.717) is 6.42 Å². The van der Waals surface area contributed by atoms with Gasteiger partial charge in [0.05, 0.1) is 20.1 Å². The molecule has 0 bridgehead atoms. The highest BCUT2D eigenvalue weighted by molar-refractivity contribution is 5.70. The van der Waals surface area contributed by atoms with E-state index in [4.69, 9.17) is 14.6 Å². The number of carbonyl (C=O) groups is 1. The molecule has 0 radical (unpaired) electrons. The fourth-order valence-electron chi connectivity index (χ4n) is 2.08. The first kappa shape index (κ1) is 22.9. The molecule has 8 nitrogen and oxygen atoms in total. The predicted octanol–water partition coefficient (Wildman–Crippen LogP) is -1.13. The number of aliphatic hydroxyl groups excluding tert-OH is 4. The lowest BCUT2D eigenvalue weighted by Crippen LogP contribution is -2.59. The third-order valence-electron chi connectivity index (χ3n) is 3.61. The van der Waals surface area contributed by atoms with E-state index in [2.05, 4.69) is 35.0 Å². The molecule has 0 aliphatic carbocycles. The van der Waals surface area contributed by atoms with E-state index in [-0.39, 0.29) is 12.4 Å². The molecule has 1 fully saturated rings. The van der Waals surface area contributed by atoms with Gasteiger partial charge in [-0.3, -0.25) is 4.79 Å². The first-order valence-corrected chi connectivity index (χ1v) is 8.23. The summed E-state index contributed by atoms with van der Waals surface area (Å²) in [5, 5.41) is 38.5. The molecule has 1 aliphatic heterocycles. The SMILES string of the molecule is C=CC(C#CC#CC/C=C\CC(=O)OC)OC1OC(CO)C(O)C(O)C1O. The first-order chi connectivity index (χ1) is 12.9. The van der Waals surface area contributed by atoms with Gasteiger partial charge in [0, 0.05) is 6.42 Å². The van der Waals surface area contributed by atoms with Crippen LogP contribution in [0.3, 0.4) is 0 Å². The summed E-state index contributed by atoms with van der Waals surface area (Å²) in [6, 6.07) is 0. The standard InChI is InChI=1S/C19H24O8/c1-3-13(10-8-6-4-5-7-9-11-15(21)25-2)26-19-18(24)17(23)16(22)14(12-20)27-19/h3,7,9,13-14,16-20,22-24H,1,5,11-12H2,2H3/b9-7-. The van der Waals surface area contributed by atoms with Gasteiger partial charge in [0.25, 0.3) is 0 Å². The molecule has 0 aromatic carbocycles. The van der Waals surface area contributed by atoms with Crippen LogP contribution in [0.5, 0.6) is 0 Å². The van der Waals surface area contributed by atoms with Crippen LogP contribution in [0.4, 0.5) is 0 Å². The summed E-state index contributed by atoms with van der Waals surface area (Å²) in [4.78, 5) is 10.9. The minimum atomic E-state index is -1.53. The highest BCUT2D eigenvalue weighted by Crippen LogP contribution is 2.22. The summed E-state index contributed by atoms with van der Waals surface area (Å²) in [5.41, 5.74) is 0. The van der Waals surface area contributed by atoms with E-state index in [9.17, 15) is 20.1 Å². The Kier molecular flexibility index (Phi) is 10.4. The second-order valence-electron chi connectivity index (χ2n) is 5.52. The zero-order chi connectivity index (χ0) is 20.2. The molecule has 27 heavy (non-hydrogen) atoms. The summed E-state index contributed by atoms with van der Waals surface area (Å²) < 4.78 is 15.1. The Labute approximate surface area is 158 Å².